The third kappa shape index (κ3) is 4.07. The van der Waals surface area contributed by atoms with Crippen LogP contribution in [0.25, 0.3) is 0 Å². The van der Waals surface area contributed by atoms with Crippen LogP contribution in [0.5, 0.6) is 5.75 Å². The summed E-state index contributed by atoms with van der Waals surface area (Å²) in [4.78, 5) is 0. The Bertz CT molecular complexity index is 382. The molecule has 17 heavy (non-hydrogen) atoms. The first kappa shape index (κ1) is 14.1. The van der Waals surface area contributed by atoms with Crippen LogP contribution in [-0.2, 0) is 6.61 Å². The van der Waals surface area contributed by atoms with Gasteiger partial charge in [-0.3, -0.25) is 0 Å². The van der Waals surface area contributed by atoms with E-state index in [0.717, 1.165) is 0 Å². The highest BCUT2D eigenvalue weighted by Gasteiger charge is 2.38. The van der Waals surface area contributed by atoms with Crippen molar-refractivity contribution in [2.75, 3.05) is 6.61 Å². The van der Waals surface area contributed by atoms with E-state index < -0.39 is 18.9 Å². The van der Waals surface area contributed by atoms with Crippen molar-refractivity contribution in [1.82, 2.24) is 0 Å². The van der Waals surface area contributed by atoms with Crippen molar-refractivity contribution in [1.29, 1.82) is 0 Å². The predicted molar refractivity (Wildman–Crippen MR) is 54.9 cm³/mol. The van der Waals surface area contributed by atoms with Crippen LogP contribution >= 0.6 is 11.6 Å². The minimum absolute atomic E-state index is 0.0205. The van der Waals surface area contributed by atoms with Crippen LogP contribution in [0.3, 0.4) is 0 Å². The van der Waals surface area contributed by atoms with Crippen LogP contribution < -0.4 is 4.74 Å². The van der Waals surface area contributed by atoms with Gasteiger partial charge in [-0.25, -0.2) is 0 Å². The average Bonchev–Trinajstić information content (AvgIpc) is 2.25. The van der Waals surface area contributed by atoms with E-state index >= 15 is 0 Å². The lowest BCUT2D eigenvalue weighted by molar-refractivity contribution is -0.210. The van der Waals surface area contributed by atoms with E-state index in [2.05, 4.69) is 0 Å². The molecule has 1 aromatic rings. The summed E-state index contributed by atoms with van der Waals surface area (Å²) in [6, 6.07) is 4.16. The Morgan fingerprint density at radius 3 is 2.47 bits per heavy atom. The van der Waals surface area contributed by atoms with Crippen LogP contribution in [0.15, 0.2) is 18.2 Å². The van der Waals surface area contributed by atoms with Gasteiger partial charge in [0.15, 0.2) is 6.10 Å². The number of ether oxygens (including phenoxy) is 1. The zero-order valence-corrected chi connectivity index (χ0v) is 9.29. The lowest BCUT2D eigenvalue weighted by Crippen LogP contribution is -2.34. The molecule has 1 aromatic carbocycles. The molecule has 1 rings (SSSR count). The highest BCUT2D eigenvalue weighted by Crippen LogP contribution is 2.27. The zero-order chi connectivity index (χ0) is 13.1. The van der Waals surface area contributed by atoms with E-state index in [1.165, 1.54) is 18.2 Å². The molecule has 0 radical (unpaired) electrons. The maximum atomic E-state index is 12.0. The molecule has 0 amide bonds. The van der Waals surface area contributed by atoms with E-state index in [9.17, 15) is 13.2 Å². The topological polar surface area (TPSA) is 49.7 Å². The monoisotopic (exact) mass is 270 g/mol. The normalized spacial score (nSPS) is 13.5. The minimum Gasteiger partial charge on any atom is -0.489 e. The van der Waals surface area contributed by atoms with Gasteiger partial charge in [0, 0.05) is 0 Å². The first-order valence-corrected chi connectivity index (χ1v) is 4.99. The Kier molecular flexibility index (Phi) is 4.62. The largest absolute Gasteiger partial charge is 0.489 e. The Labute approximate surface area is 100 Å². The fourth-order valence-electron chi connectivity index (χ4n) is 1.02. The van der Waals surface area contributed by atoms with Gasteiger partial charge in [-0.15, -0.1) is 0 Å². The molecular weight excluding hydrogens is 261 g/mol. The lowest BCUT2D eigenvalue weighted by Gasteiger charge is -2.16. The molecule has 0 bridgehead atoms. The van der Waals surface area contributed by atoms with Crippen molar-refractivity contribution in [2.45, 2.75) is 18.9 Å². The van der Waals surface area contributed by atoms with Gasteiger partial charge in [0.1, 0.15) is 12.4 Å². The van der Waals surface area contributed by atoms with Crippen molar-refractivity contribution in [3.05, 3.63) is 28.8 Å². The van der Waals surface area contributed by atoms with Gasteiger partial charge in [-0.2, -0.15) is 13.2 Å². The summed E-state index contributed by atoms with van der Waals surface area (Å²) in [6.07, 6.45) is -7.28. The molecule has 0 saturated carbocycles. The minimum atomic E-state index is -4.72. The van der Waals surface area contributed by atoms with Crippen molar-refractivity contribution in [3.63, 3.8) is 0 Å². The molecule has 0 aliphatic carbocycles. The van der Waals surface area contributed by atoms with Gasteiger partial charge in [-0.05, 0) is 17.7 Å². The summed E-state index contributed by atoms with van der Waals surface area (Å²) < 4.78 is 40.7. The third-order valence-electron chi connectivity index (χ3n) is 1.95. The maximum absolute atomic E-state index is 12.0. The number of hydrogen-bond acceptors (Lipinski definition) is 3. The SMILES string of the molecule is OCc1ccc(OCC(O)C(F)(F)F)c(Cl)c1. The van der Waals surface area contributed by atoms with Gasteiger partial charge in [-0.1, -0.05) is 17.7 Å². The summed E-state index contributed by atoms with van der Waals surface area (Å²) in [5.41, 5.74) is 0.513. The average molecular weight is 271 g/mol. The molecule has 3 nitrogen and oxygen atoms in total. The molecule has 1 atom stereocenters. The standard InChI is InChI=1S/C10H10ClF3O3/c11-7-3-6(4-15)1-2-8(7)17-5-9(16)10(12,13)14/h1-3,9,15-16H,4-5H2. The number of alkyl halides is 3. The third-order valence-corrected chi connectivity index (χ3v) is 2.25. The number of halogens is 4. The zero-order valence-electron chi connectivity index (χ0n) is 8.54. The first-order valence-electron chi connectivity index (χ1n) is 4.61. The second-order valence-electron chi connectivity index (χ2n) is 3.29. The summed E-state index contributed by atoms with van der Waals surface area (Å²) >= 11 is 5.71. The molecule has 2 N–H and O–H groups in total. The Morgan fingerprint density at radius 2 is 2.00 bits per heavy atom. The van der Waals surface area contributed by atoms with E-state index in [1.54, 1.807) is 0 Å². The second kappa shape index (κ2) is 5.57. The quantitative estimate of drug-likeness (QED) is 0.881. The van der Waals surface area contributed by atoms with E-state index in [4.69, 9.17) is 26.6 Å². The molecule has 0 aliphatic rings. The fraction of sp³-hybridized carbons (Fsp3) is 0.400. The van der Waals surface area contributed by atoms with Gasteiger partial charge in [0.25, 0.3) is 0 Å². The van der Waals surface area contributed by atoms with Crippen LogP contribution in [0, 0.1) is 0 Å². The van der Waals surface area contributed by atoms with Gasteiger partial charge >= 0.3 is 6.18 Å². The smallest absolute Gasteiger partial charge is 0.417 e. The van der Waals surface area contributed by atoms with E-state index in [0.29, 0.717) is 5.56 Å². The highest BCUT2D eigenvalue weighted by atomic mass is 35.5. The molecule has 0 spiro atoms. The molecule has 7 heteroatoms. The Balaban J connectivity index is 2.64. The van der Waals surface area contributed by atoms with Gasteiger partial charge < -0.3 is 14.9 Å². The molecule has 0 aromatic heterocycles. The fourth-order valence-corrected chi connectivity index (χ4v) is 1.28. The number of hydrogen-bond donors (Lipinski definition) is 2. The number of aliphatic hydroxyl groups excluding tert-OH is 2. The molecule has 0 heterocycles. The maximum Gasteiger partial charge on any atom is 0.417 e. The lowest BCUT2D eigenvalue weighted by atomic mass is 10.2. The number of aliphatic hydroxyl groups is 2. The summed E-state index contributed by atoms with van der Waals surface area (Å²) in [6.45, 7) is -1.16. The summed E-state index contributed by atoms with van der Waals surface area (Å²) in [7, 11) is 0. The van der Waals surface area contributed by atoms with Crippen LogP contribution in [-0.4, -0.2) is 29.1 Å². The summed E-state index contributed by atoms with van der Waals surface area (Å²) in [5, 5.41) is 17.6. The Morgan fingerprint density at radius 1 is 1.35 bits per heavy atom. The highest BCUT2D eigenvalue weighted by molar-refractivity contribution is 6.32. The second-order valence-corrected chi connectivity index (χ2v) is 3.70. The molecule has 0 aliphatic heterocycles. The number of rotatable bonds is 4. The van der Waals surface area contributed by atoms with Crippen LogP contribution in [0.2, 0.25) is 5.02 Å². The van der Waals surface area contributed by atoms with Crippen molar-refractivity contribution in [3.8, 4) is 5.75 Å². The Hall–Kier alpha value is -0.980. The van der Waals surface area contributed by atoms with E-state index in [-0.39, 0.29) is 17.4 Å². The predicted octanol–water partition coefficient (Wildman–Crippen LogP) is 2.13. The van der Waals surface area contributed by atoms with Crippen LogP contribution in [0.1, 0.15) is 5.56 Å². The van der Waals surface area contributed by atoms with Gasteiger partial charge in [0.2, 0.25) is 0 Å². The number of benzene rings is 1. The molecule has 96 valence electrons. The van der Waals surface area contributed by atoms with Crippen LogP contribution in [0.4, 0.5) is 13.2 Å². The first-order chi connectivity index (χ1) is 7.84. The molecular formula is C10H10ClF3O3. The van der Waals surface area contributed by atoms with E-state index in [1.807, 2.05) is 0 Å². The molecule has 1 unspecified atom stereocenters. The van der Waals surface area contributed by atoms with Crippen molar-refractivity contribution in [2.24, 2.45) is 0 Å². The molecule has 0 fully saturated rings. The summed E-state index contributed by atoms with van der Waals surface area (Å²) in [5.74, 6) is 0.0205. The van der Waals surface area contributed by atoms with Crippen molar-refractivity contribution < 1.29 is 28.1 Å². The van der Waals surface area contributed by atoms with Crippen molar-refractivity contribution >= 4 is 11.6 Å². The molecule has 0 saturated heterocycles. The van der Waals surface area contributed by atoms with Gasteiger partial charge in [0.05, 0.1) is 11.6 Å².